The van der Waals surface area contributed by atoms with Gasteiger partial charge in [-0.15, -0.1) is 0 Å². The lowest BCUT2D eigenvalue weighted by molar-refractivity contribution is -0.0475. The first-order chi connectivity index (χ1) is 7.55. The van der Waals surface area contributed by atoms with Crippen molar-refractivity contribution in [2.75, 3.05) is 19.7 Å². The van der Waals surface area contributed by atoms with Crippen LogP contribution in [0.1, 0.15) is 0 Å². The number of aliphatic hydroxyl groups is 1. The third-order valence-electron chi connectivity index (χ3n) is 2.04. The van der Waals surface area contributed by atoms with Gasteiger partial charge in [0.15, 0.2) is 0 Å². The number of hydrogen-bond acceptors (Lipinski definition) is 3. The van der Waals surface area contributed by atoms with E-state index in [1.54, 1.807) is 18.3 Å². The molecule has 0 radical (unpaired) electrons. The Bertz CT molecular complexity index is 379. The van der Waals surface area contributed by atoms with Crippen LogP contribution in [-0.4, -0.2) is 35.3 Å². The highest BCUT2D eigenvalue weighted by Gasteiger charge is 2.26. The summed E-state index contributed by atoms with van der Waals surface area (Å²) in [6, 6.07) is 4.72. The lowest BCUT2D eigenvalue weighted by Gasteiger charge is -2.14. The first-order valence-electron chi connectivity index (χ1n) is 4.90. The van der Waals surface area contributed by atoms with Crippen molar-refractivity contribution in [2.45, 2.75) is 12.5 Å². The summed E-state index contributed by atoms with van der Waals surface area (Å²) < 4.78 is 26.6. The van der Waals surface area contributed by atoms with Crippen molar-refractivity contribution in [3.05, 3.63) is 34.7 Å². The van der Waals surface area contributed by atoms with Gasteiger partial charge in [-0.05, 0) is 6.07 Å². The number of pyridine rings is 1. The van der Waals surface area contributed by atoms with Crippen LogP contribution in [0.15, 0.2) is 29.2 Å². The van der Waals surface area contributed by atoms with E-state index in [0.29, 0.717) is 6.54 Å². The zero-order valence-electron chi connectivity index (χ0n) is 8.70. The highest BCUT2D eigenvalue weighted by molar-refractivity contribution is 4.93. The minimum atomic E-state index is -3.11. The Balaban J connectivity index is 2.32. The van der Waals surface area contributed by atoms with Crippen LogP contribution in [0.4, 0.5) is 8.78 Å². The molecule has 1 rings (SSSR count). The van der Waals surface area contributed by atoms with Crippen LogP contribution >= 0.6 is 0 Å². The summed E-state index contributed by atoms with van der Waals surface area (Å²) >= 11 is 0. The Labute approximate surface area is 91.5 Å². The lowest BCUT2D eigenvalue weighted by atomic mass is 10.3. The van der Waals surface area contributed by atoms with E-state index in [2.05, 4.69) is 5.32 Å². The van der Waals surface area contributed by atoms with Gasteiger partial charge in [-0.1, -0.05) is 6.07 Å². The van der Waals surface area contributed by atoms with E-state index < -0.39 is 19.1 Å². The topological polar surface area (TPSA) is 54.3 Å². The van der Waals surface area contributed by atoms with E-state index in [0.717, 1.165) is 0 Å². The number of aromatic nitrogens is 1. The van der Waals surface area contributed by atoms with Crippen molar-refractivity contribution in [3.63, 3.8) is 0 Å². The Kier molecular flexibility index (Phi) is 4.57. The summed E-state index contributed by atoms with van der Waals surface area (Å²) in [5.41, 5.74) is -0.168. The molecule has 0 aliphatic heterocycles. The maximum absolute atomic E-state index is 12.6. The highest BCUT2D eigenvalue weighted by atomic mass is 19.3. The largest absolute Gasteiger partial charge is 0.390 e. The third-order valence-corrected chi connectivity index (χ3v) is 2.04. The molecule has 0 saturated heterocycles. The van der Waals surface area contributed by atoms with Crippen molar-refractivity contribution in [1.82, 2.24) is 9.88 Å². The number of halogens is 2. The van der Waals surface area contributed by atoms with Crippen molar-refractivity contribution in [1.29, 1.82) is 0 Å². The Hall–Kier alpha value is -1.27. The van der Waals surface area contributed by atoms with Crippen molar-refractivity contribution >= 4 is 0 Å². The molecule has 6 heteroatoms. The number of nitrogens with zero attached hydrogens (tertiary/aromatic N) is 1. The predicted molar refractivity (Wildman–Crippen MR) is 55.6 cm³/mol. The van der Waals surface area contributed by atoms with Crippen LogP contribution < -0.4 is 10.9 Å². The van der Waals surface area contributed by atoms with E-state index in [1.807, 2.05) is 0 Å². The molecule has 0 atom stereocenters. The minimum Gasteiger partial charge on any atom is -0.390 e. The second-order valence-electron chi connectivity index (χ2n) is 3.42. The molecule has 0 saturated carbocycles. The fourth-order valence-electron chi connectivity index (χ4n) is 1.17. The van der Waals surface area contributed by atoms with Crippen LogP contribution in [-0.2, 0) is 6.54 Å². The first kappa shape index (κ1) is 12.8. The number of nitrogens with one attached hydrogen (secondary N) is 1. The second kappa shape index (κ2) is 5.72. The summed E-state index contributed by atoms with van der Waals surface area (Å²) in [7, 11) is 0. The van der Waals surface area contributed by atoms with E-state index in [9.17, 15) is 13.6 Å². The van der Waals surface area contributed by atoms with Crippen molar-refractivity contribution < 1.29 is 13.9 Å². The van der Waals surface area contributed by atoms with Gasteiger partial charge in [0.2, 0.25) is 0 Å². The van der Waals surface area contributed by atoms with E-state index in [-0.39, 0.29) is 12.1 Å². The maximum Gasteiger partial charge on any atom is 0.282 e. The highest BCUT2D eigenvalue weighted by Crippen LogP contribution is 2.09. The monoisotopic (exact) mass is 232 g/mol. The van der Waals surface area contributed by atoms with Gasteiger partial charge in [0, 0.05) is 25.4 Å². The summed E-state index contributed by atoms with van der Waals surface area (Å²) in [4.78, 5) is 11.2. The van der Waals surface area contributed by atoms with Gasteiger partial charge in [-0.3, -0.25) is 4.79 Å². The fourth-order valence-corrected chi connectivity index (χ4v) is 1.17. The molecule has 0 unspecified atom stereocenters. The van der Waals surface area contributed by atoms with Crippen LogP contribution in [0, 0.1) is 0 Å². The van der Waals surface area contributed by atoms with Gasteiger partial charge in [0.25, 0.3) is 11.5 Å². The summed E-state index contributed by atoms with van der Waals surface area (Å²) in [6.07, 6.45) is 1.59. The molecule has 0 bridgehead atoms. The van der Waals surface area contributed by atoms with Gasteiger partial charge in [-0.2, -0.15) is 0 Å². The quantitative estimate of drug-likeness (QED) is 0.682. The fraction of sp³-hybridized carbons (Fsp3) is 0.500. The van der Waals surface area contributed by atoms with Crippen molar-refractivity contribution in [3.8, 4) is 0 Å². The molecule has 0 amide bonds. The zero-order valence-corrected chi connectivity index (χ0v) is 8.70. The summed E-state index contributed by atoms with van der Waals surface area (Å²) in [5, 5.41) is 10.8. The van der Waals surface area contributed by atoms with Crippen LogP contribution in [0.5, 0.6) is 0 Å². The maximum atomic E-state index is 12.6. The molecule has 0 spiro atoms. The normalized spacial score (nSPS) is 11.7. The smallest absolute Gasteiger partial charge is 0.282 e. The Morgan fingerprint density at radius 3 is 2.81 bits per heavy atom. The number of hydrogen-bond donors (Lipinski definition) is 2. The van der Waals surface area contributed by atoms with Crippen LogP contribution in [0.3, 0.4) is 0 Å². The average molecular weight is 232 g/mol. The summed E-state index contributed by atoms with van der Waals surface area (Å²) in [5.74, 6) is -3.11. The number of aliphatic hydroxyl groups excluding tert-OH is 1. The molecule has 0 aromatic carbocycles. The molecule has 90 valence electrons. The Morgan fingerprint density at radius 1 is 1.44 bits per heavy atom. The van der Waals surface area contributed by atoms with Crippen molar-refractivity contribution in [2.24, 2.45) is 0 Å². The molecular weight excluding hydrogens is 218 g/mol. The molecular formula is C10H14F2N2O2. The van der Waals surface area contributed by atoms with Gasteiger partial charge < -0.3 is 15.0 Å². The average Bonchev–Trinajstić information content (AvgIpc) is 2.27. The molecule has 1 aromatic heterocycles. The third kappa shape index (κ3) is 4.08. The van der Waals surface area contributed by atoms with E-state index in [1.165, 1.54) is 10.6 Å². The number of alkyl halides is 2. The molecule has 0 aliphatic carbocycles. The van der Waals surface area contributed by atoms with E-state index in [4.69, 9.17) is 5.11 Å². The van der Waals surface area contributed by atoms with Gasteiger partial charge >= 0.3 is 0 Å². The van der Waals surface area contributed by atoms with Crippen LogP contribution in [0.2, 0.25) is 0 Å². The zero-order chi connectivity index (χ0) is 12.0. The first-order valence-corrected chi connectivity index (χ1v) is 4.90. The minimum absolute atomic E-state index is 0.168. The molecule has 0 fully saturated rings. The second-order valence-corrected chi connectivity index (χ2v) is 3.42. The number of rotatable bonds is 6. The Morgan fingerprint density at radius 2 is 2.19 bits per heavy atom. The molecule has 1 heterocycles. The molecule has 2 N–H and O–H groups in total. The van der Waals surface area contributed by atoms with Gasteiger partial charge in [0.1, 0.15) is 6.61 Å². The van der Waals surface area contributed by atoms with Gasteiger partial charge in [-0.25, -0.2) is 8.78 Å². The predicted octanol–water partition coefficient (Wildman–Crippen LogP) is 0.0655. The van der Waals surface area contributed by atoms with E-state index >= 15 is 0 Å². The summed E-state index contributed by atoms with van der Waals surface area (Å²) in [6.45, 7) is -1.20. The molecule has 4 nitrogen and oxygen atoms in total. The van der Waals surface area contributed by atoms with Crippen LogP contribution in [0.25, 0.3) is 0 Å². The SMILES string of the molecule is O=c1ccccn1CCNCC(F)(F)CO. The standard InChI is InChI=1S/C10H14F2N2O2/c11-10(12,8-15)7-13-4-6-14-5-2-1-3-9(14)16/h1-3,5,13,15H,4,6-8H2. The lowest BCUT2D eigenvalue weighted by Crippen LogP contribution is -2.37. The molecule has 16 heavy (non-hydrogen) atoms. The van der Waals surface area contributed by atoms with Gasteiger partial charge in [0.05, 0.1) is 6.54 Å². The molecule has 0 aliphatic rings. The molecule has 1 aromatic rings.